The number of carbonyl (C=O) groups is 1. The van der Waals surface area contributed by atoms with Gasteiger partial charge in [-0.2, -0.15) is 0 Å². The molecule has 4 unspecified atom stereocenters. The highest BCUT2D eigenvalue weighted by molar-refractivity contribution is 7.44. The predicted molar refractivity (Wildman–Crippen MR) is 105 cm³/mol. The average Bonchev–Trinajstić information content (AvgIpc) is 2.65. The van der Waals surface area contributed by atoms with Crippen molar-refractivity contribution in [1.82, 2.24) is 14.6 Å². The van der Waals surface area contributed by atoms with Crippen molar-refractivity contribution in [2.24, 2.45) is 5.92 Å². The molecule has 2 N–H and O–H groups in total. The molecule has 160 valence electrons. The van der Waals surface area contributed by atoms with Crippen LogP contribution in [0.5, 0.6) is 0 Å². The summed E-state index contributed by atoms with van der Waals surface area (Å²) in [5.74, 6) is 0.203. The third kappa shape index (κ3) is 8.20. The van der Waals surface area contributed by atoms with E-state index in [4.69, 9.17) is 18.5 Å². The van der Waals surface area contributed by atoms with Gasteiger partial charge in [-0.3, -0.25) is 19.1 Å². The van der Waals surface area contributed by atoms with Crippen LogP contribution in [0.1, 0.15) is 40.3 Å². The van der Waals surface area contributed by atoms with Gasteiger partial charge in [0.2, 0.25) is 0 Å². The van der Waals surface area contributed by atoms with E-state index >= 15 is 0 Å². The van der Waals surface area contributed by atoms with Gasteiger partial charge in [0.25, 0.3) is 20.6 Å². The topological polar surface area (TPSA) is 121 Å². The first-order chi connectivity index (χ1) is 13.3. The van der Waals surface area contributed by atoms with E-state index in [-0.39, 0.29) is 31.3 Å². The Morgan fingerprint density at radius 2 is 2.00 bits per heavy atom. The second-order valence-corrected chi connectivity index (χ2v) is 7.82. The highest BCUT2D eigenvalue weighted by atomic mass is 31.2. The van der Waals surface area contributed by atoms with Gasteiger partial charge >= 0.3 is 5.69 Å². The molecular weight excluding hydrogens is 389 g/mol. The van der Waals surface area contributed by atoms with Crippen LogP contribution in [0.25, 0.3) is 0 Å². The van der Waals surface area contributed by atoms with Crippen molar-refractivity contribution >= 4 is 15.0 Å². The molecule has 0 spiro atoms. The first kappa shape index (κ1) is 24.5. The van der Waals surface area contributed by atoms with Gasteiger partial charge in [-0.25, -0.2) is 9.88 Å². The van der Waals surface area contributed by atoms with E-state index in [0.29, 0.717) is 12.9 Å². The molecular formula is C17H30N3O7P. The molecule has 0 aliphatic carbocycles. The quantitative estimate of drug-likeness (QED) is 0.344. The number of carbonyl (C=O) groups excluding carboxylic acids is 1. The van der Waals surface area contributed by atoms with Crippen LogP contribution in [0.15, 0.2) is 21.9 Å². The van der Waals surface area contributed by atoms with Crippen molar-refractivity contribution in [3.8, 4) is 0 Å². The van der Waals surface area contributed by atoms with Gasteiger partial charge in [0.05, 0.1) is 18.8 Å². The Balaban J connectivity index is 2.63. The summed E-state index contributed by atoms with van der Waals surface area (Å²) < 4.78 is 23.2. The summed E-state index contributed by atoms with van der Waals surface area (Å²) in [5, 5.41) is 3.20. The number of hydrogen-bond donors (Lipinski definition) is 2. The van der Waals surface area contributed by atoms with Crippen LogP contribution in [-0.4, -0.2) is 48.5 Å². The number of H-pyrrole nitrogens is 1. The van der Waals surface area contributed by atoms with Crippen molar-refractivity contribution in [2.45, 2.75) is 52.5 Å². The van der Waals surface area contributed by atoms with Crippen LogP contribution in [-0.2, 0) is 23.3 Å². The fourth-order valence-corrected chi connectivity index (χ4v) is 3.49. The summed E-state index contributed by atoms with van der Waals surface area (Å²) in [6.45, 7) is 8.51. The number of aromatic amines is 1. The van der Waals surface area contributed by atoms with E-state index in [1.54, 1.807) is 6.92 Å². The SMILES string of the molecule is CCC(COP(NC(COC=O)C(C)C)OC)OC(C)n1ccc(=O)[nH]c1=O. The maximum Gasteiger partial charge on any atom is 0.330 e. The lowest BCUT2D eigenvalue weighted by Crippen LogP contribution is -2.36. The fraction of sp³-hybridized carbons (Fsp3) is 0.706. The zero-order chi connectivity index (χ0) is 21.1. The van der Waals surface area contributed by atoms with Crippen LogP contribution < -0.4 is 16.3 Å². The van der Waals surface area contributed by atoms with E-state index in [2.05, 4.69) is 10.1 Å². The van der Waals surface area contributed by atoms with E-state index in [9.17, 15) is 14.4 Å². The van der Waals surface area contributed by atoms with Gasteiger partial charge in [0, 0.05) is 19.4 Å². The number of rotatable bonds is 14. The zero-order valence-electron chi connectivity index (χ0n) is 16.9. The molecule has 0 aliphatic heterocycles. The van der Waals surface area contributed by atoms with E-state index in [1.165, 1.54) is 23.9 Å². The molecule has 0 bridgehead atoms. The van der Waals surface area contributed by atoms with Crippen LogP contribution >= 0.6 is 8.53 Å². The van der Waals surface area contributed by atoms with Crippen molar-refractivity contribution in [1.29, 1.82) is 0 Å². The lowest BCUT2D eigenvalue weighted by atomic mass is 10.1. The minimum absolute atomic E-state index is 0.115. The van der Waals surface area contributed by atoms with Crippen LogP contribution in [0.2, 0.25) is 0 Å². The second kappa shape index (κ2) is 12.8. The molecule has 4 atom stereocenters. The number of nitrogens with one attached hydrogen (secondary N) is 2. The highest BCUT2D eigenvalue weighted by Gasteiger charge is 2.22. The van der Waals surface area contributed by atoms with Gasteiger partial charge in [-0.15, -0.1) is 0 Å². The first-order valence-corrected chi connectivity index (χ1v) is 10.3. The molecule has 11 heteroatoms. The molecule has 0 fully saturated rings. The molecule has 1 aromatic heterocycles. The normalized spacial score (nSPS) is 15.8. The molecule has 0 radical (unpaired) electrons. The second-order valence-electron chi connectivity index (χ2n) is 6.43. The third-order valence-corrected chi connectivity index (χ3v) is 5.31. The number of hydrogen-bond acceptors (Lipinski definition) is 8. The molecule has 1 heterocycles. The fourth-order valence-electron chi connectivity index (χ4n) is 2.26. The largest absolute Gasteiger partial charge is 0.466 e. The summed E-state index contributed by atoms with van der Waals surface area (Å²) in [7, 11) is 0.112. The zero-order valence-corrected chi connectivity index (χ0v) is 17.8. The summed E-state index contributed by atoms with van der Waals surface area (Å²) >= 11 is 0. The molecule has 0 saturated heterocycles. The van der Waals surface area contributed by atoms with Gasteiger partial charge in [0.15, 0.2) is 0 Å². The standard InChI is InChI=1S/C17H30N3O7P/c1-6-14(27-13(4)20-8-7-16(22)18-17(20)23)9-26-28(24-5)19-15(12(2)3)10-25-11-21/h7-8,11-15,19H,6,9-10H2,1-5H3,(H,18,22,23). The Hall–Kier alpha value is -1.58. The Morgan fingerprint density at radius 1 is 1.29 bits per heavy atom. The maximum absolute atomic E-state index is 11.9. The van der Waals surface area contributed by atoms with E-state index < -0.39 is 26.0 Å². The lowest BCUT2D eigenvalue weighted by Gasteiger charge is -2.27. The van der Waals surface area contributed by atoms with Crippen LogP contribution in [0.4, 0.5) is 0 Å². The smallest absolute Gasteiger partial charge is 0.330 e. The number of ether oxygens (including phenoxy) is 2. The van der Waals surface area contributed by atoms with Crippen LogP contribution in [0, 0.1) is 5.92 Å². The number of aromatic nitrogens is 2. The first-order valence-electron chi connectivity index (χ1n) is 9.07. The average molecular weight is 419 g/mol. The summed E-state index contributed by atoms with van der Waals surface area (Å²) in [6.07, 6.45) is 1.17. The van der Waals surface area contributed by atoms with Gasteiger partial charge in [-0.05, 0) is 19.3 Å². The number of nitrogens with zero attached hydrogens (tertiary/aromatic N) is 1. The minimum atomic E-state index is -1.42. The van der Waals surface area contributed by atoms with Crippen molar-refractivity contribution < 1.29 is 23.3 Å². The van der Waals surface area contributed by atoms with Crippen molar-refractivity contribution in [2.75, 3.05) is 20.3 Å². The highest BCUT2D eigenvalue weighted by Crippen LogP contribution is 2.34. The predicted octanol–water partition coefficient (Wildman–Crippen LogP) is 1.53. The maximum atomic E-state index is 11.9. The van der Waals surface area contributed by atoms with E-state index in [1.807, 2.05) is 20.8 Å². The van der Waals surface area contributed by atoms with Gasteiger partial charge in [-0.1, -0.05) is 20.8 Å². The summed E-state index contributed by atoms with van der Waals surface area (Å²) in [6, 6.07) is 1.15. The summed E-state index contributed by atoms with van der Waals surface area (Å²) in [5.41, 5.74) is -0.995. The molecule has 0 aliphatic rings. The molecule has 1 aromatic rings. The van der Waals surface area contributed by atoms with Crippen molar-refractivity contribution in [3.63, 3.8) is 0 Å². The van der Waals surface area contributed by atoms with Crippen LogP contribution in [0.3, 0.4) is 0 Å². The molecule has 0 saturated carbocycles. The third-order valence-electron chi connectivity index (χ3n) is 4.05. The molecule has 28 heavy (non-hydrogen) atoms. The molecule has 10 nitrogen and oxygen atoms in total. The van der Waals surface area contributed by atoms with Crippen molar-refractivity contribution in [3.05, 3.63) is 33.1 Å². The Morgan fingerprint density at radius 3 is 2.54 bits per heavy atom. The Labute approximate surface area is 165 Å². The molecule has 1 rings (SSSR count). The summed E-state index contributed by atoms with van der Waals surface area (Å²) in [4.78, 5) is 35.7. The Bertz CT molecular complexity index is 694. The minimum Gasteiger partial charge on any atom is -0.466 e. The Kier molecular flexibility index (Phi) is 11.2. The lowest BCUT2D eigenvalue weighted by molar-refractivity contribution is -0.129. The monoisotopic (exact) mass is 419 g/mol. The van der Waals surface area contributed by atoms with E-state index in [0.717, 1.165) is 0 Å². The van der Waals surface area contributed by atoms with Gasteiger partial charge in [0.1, 0.15) is 12.8 Å². The molecule has 0 aromatic carbocycles. The van der Waals surface area contributed by atoms with Gasteiger partial charge < -0.3 is 18.5 Å². The molecule has 0 amide bonds.